The maximum absolute atomic E-state index is 11.7. The van der Waals surface area contributed by atoms with Crippen molar-refractivity contribution in [3.05, 3.63) is 22.8 Å². The molecule has 2 fully saturated rings. The number of hydrogen-bond donors (Lipinski definition) is 3. The first-order valence-electron chi connectivity index (χ1n) is 10.9. The summed E-state index contributed by atoms with van der Waals surface area (Å²) in [6.07, 6.45) is 6.41. The van der Waals surface area contributed by atoms with Gasteiger partial charge in [-0.15, -0.1) is 0 Å². The van der Waals surface area contributed by atoms with Crippen LogP contribution in [0.25, 0.3) is 6.08 Å². The van der Waals surface area contributed by atoms with Crippen LogP contribution in [0.2, 0.25) is 0 Å². The van der Waals surface area contributed by atoms with Crippen LogP contribution in [-0.4, -0.2) is 37.3 Å². The fraction of sp³-hybridized carbons (Fsp3) is 0.591. The Balaban J connectivity index is 2.31. The van der Waals surface area contributed by atoms with Gasteiger partial charge in [0.15, 0.2) is 23.5 Å². The van der Waals surface area contributed by atoms with Crippen LogP contribution in [0.15, 0.2) is 11.6 Å². The minimum Gasteiger partial charge on any atom is -0.504 e. The summed E-state index contributed by atoms with van der Waals surface area (Å²) in [6.45, 7) is 8.60. The molecule has 0 aromatic heterocycles. The minimum absolute atomic E-state index is 0.0350. The summed E-state index contributed by atoms with van der Waals surface area (Å²) in [6, 6.07) is 0.942. The molecule has 0 heterocycles. The van der Waals surface area contributed by atoms with Crippen molar-refractivity contribution in [1.82, 2.24) is 0 Å². The van der Waals surface area contributed by atoms with Crippen LogP contribution >= 0.6 is 0 Å². The molecule has 3 N–H and O–H groups in total. The first-order valence-corrected chi connectivity index (χ1v) is 13.6. The third-order valence-corrected chi connectivity index (χ3v) is 8.17. The summed E-state index contributed by atoms with van der Waals surface area (Å²) in [7, 11) is -10.2. The highest BCUT2D eigenvalue weighted by atomic mass is 32.3. The van der Waals surface area contributed by atoms with E-state index in [-0.39, 0.29) is 28.6 Å². The van der Waals surface area contributed by atoms with Crippen LogP contribution in [-0.2, 0) is 20.8 Å². The number of rotatable bonds is 6. The van der Waals surface area contributed by atoms with Gasteiger partial charge in [-0.25, -0.2) is 0 Å². The number of aldehydes is 1. The number of phenols is 1. The highest BCUT2D eigenvalue weighted by Crippen LogP contribution is 2.61. The van der Waals surface area contributed by atoms with Crippen LogP contribution in [0.1, 0.15) is 75.7 Å². The van der Waals surface area contributed by atoms with E-state index in [0.717, 1.165) is 43.7 Å². The summed E-state index contributed by atoms with van der Waals surface area (Å²) in [5.74, 6) is -2.18. The summed E-state index contributed by atoms with van der Waals surface area (Å²) in [5.41, 5.74) is -0.152. The van der Waals surface area contributed by atoms with Gasteiger partial charge < -0.3 is 13.5 Å². The number of fused-ring (bicyclic) bond motifs is 1. The molecule has 0 radical (unpaired) electrons. The van der Waals surface area contributed by atoms with Crippen LogP contribution in [0.5, 0.6) is 17.2 Å². The Labute approximate surface area is 199 Å². The lowest BCUT2D eigenvalue weighted by Gasteiger charge is -2.56. The Morgan fingerprint density at radius 1 is 1.03 bits per heavy atom. The Morgan fingerprint density at radius 3 is 2.21 bits per heavy atom. The molecule has 2 aliphatic carbocycles. The van der Waals surface area contributed by atoms with Crippen molar-refractivity contribution in [1.29, 1.82) is 0 Å². The second-order valence-electron chi connectivity index (χ2n) is 10.1. The highest BCUT2D eigenvalue weighted by molar-refractivity contribution is 7.81. The Kier molecular flexibility index (Phi) is 6.86. The zero-order chi connectivity index (χ0) is 25.7. The standard InChI is InChI=1S/C22H30O10S2/c1-13-6-7-18-21(2,3)8-5-9-22(18,4)16(13)10-14-11-17(31-33(25,26)27)19(24)15(12-23)20(14)32-34(28,29)30/h10-13,18,24H,5-9H2,1-4H3,(H,25,26,27)(H,28,29,30)/b16-10+/t13-,18?,22+/m0/s1. The highest BCUT2D eigenvalue weighted by Gasteiger charge is 2.51. The lowest BCUT2D eigenvalue weighted by atomic mass is 9.48. The molecule has 12 heteroatoms. The molecular weight excluding hydrogens is 488 g/mol. The molecule has 1 aromatic rings. The van der Waals surface area contributed by atoms with Crippen LogP contribution in [0.4, 0.5) is 0 Å². The van der Waals surface area contributed by atoms with Crippen molar-refractivity contribution in [2.24, 2.45) is 22.7 Å². The van der Waals surface area contributed by atoms with Crippen LogP contribution in [0.3, 0.4) is 0 Å². The largest absolute Gasteiger partial charge is 0.504 e. The van der Waals surface area contributed by atoms with Crippen LogP contribution in [0, 0.1) is 22.7 Å². The summed E-state index contributed by atoms with van der Waals surface area (Å²) < 4.78 is 73.0. The number of carbonyl (C=O) groups is 1. The van der Waals surface area contributed by atoms with Gasteiger partial charge in [0, 0.05) is 5.56 Å². The zero-order valence-electron chi connectivity index (χ0n) is 19.4. The number of benzene rings is 1. The van der Waals surface area contributed by atoms with Gasteiger partial charge in [0.25, 0.3) is 0 Å². The van der Waals surface area contributed by atoms with Gasteiger partial charge in [0.1, 0.15) is 5.56 Å². The third-order valence-electron chi connectivity index (χ3n) is 7.40. The predicted molar refractivity (Wildman–Crippen MR) is 123 cm³/mol. The second kappa shape index (κ2) is 8.81. The van der Waals surface area contributed by atoms with Crippen molar-refractivity contribution in [3.63, 3.8) is 0 Å². The molecule has 0 spiro atoms. The fourth-order valence-corrected chi connectivity index (χ4v) is 6.80. The molecule has 2 aliphatic rings. The van der Waals surface area contributed by atoms with Crippen molar-refractivity contribution in [2.45, 2.75) is 59.8 Å². The minimum atomic E-state index is -5.12. The number of hydrogen-bond acceptors (Lipinski definition) is 8. The van der Waals surface area contributed by atoms with Gasteiger partial charge in [-0.05, 0) is 54.4 Å². The molecule has 3 rings (SSSR count). The average Bonchev–Trinajstić information content (AvgIpc) is 2.65. The molecule has 0 aliphatic heterocycles. The quantitative estimate of drug-likeness (QED) is 0.367. The third kappa shape index (κ3) is 5.24. The van der Waals surface area contributed by atoms with Gasteiger partial charge in [-0.2, -0.15) is 16.8 Å². The van der Waals surface area contributed by atoms with E-state index in [2.05, 4.69) is 29.1 Å². The summed E-state index contributed by atoms with van der Waals surface area (Å²) >= 11 is 0. The van der Waals surface area contributed by atoms with Gasteiger partial charge in [-0.3, -0.25) is 13.9 Å². The summed E-state index contributed by atoms with van der Waals surface area (Å²) in [5, 5.41) is 10.3. The number of carbonyl (C=O) groups excluding carboxylic acids is 1. The average molecular weight is 519 g/mol. The molecule has 0 amide bonds. The molecule has 2 saturated carbocycles. The monoisotopic (exact) mass is 518 g/mol. The Hall–Kier alpha value is -2.15. The predicted octanol–water partition coefficient (Wildman–Crippen LogP) is 4.21. The lowest BCUT2D eigenvalue weighted by molar-refractivity contribution is -0.00534. The van der Waals surface area contributed by atoms with E-state index in [1.54, 1.807) is 6.08 Å². The molecule has 190 valence electrons. The first-order chi connectivity index (χ1) is 15.5. The molecule has 0 bridgehead atoms. The van der Waals surface area contributed by atoms with Crippen molar-refractivity contribution >= 4 is 33.2 Å². The maximum atomic E-state index is 11.7. The lowest BCUT2D eigenvalue weighted by Crippen LogP contribution is -2.47. The van der Waals surface area contributed by atoms with Gasteiger partial charge in [0.2, 0.25) is 0 Å². The van der Waals surface area contributed by atoms with Gasteiger partial charge >= 0.3 is 20.8 Å². The molecule has 34 heavy (non-hydrogen) atoms. The SMILES string of the molecule is C[C@H]1CCC2C(C)(C)CCC[C@]2(C)/C1=C/c1cc(OS(=O)(=O)O)c(O)c(C=O)c1OS(=O)(=O)O. The fourth-order valence-electron chi connectivity index (χ4n) is 6.05. The normalized spacial score (nSPS) is 28.2. The van der Waals surface area contributed by atoms with E-state index in [9.17, 15) is 31.3 Å². The Morgan fingerprint density at radius 2 is 1.65 bits per heavy atom. The second-order valence-corrected chi connectivity index (χ2v) is 12.1. The molecule has 3 atom stereocenters. The van der Waals surface area contributed by atoms with E-state index in [1.165, 1.54) is 0 Å². The van der Waals surface area contributed by atoms with Crippen molar-refractivity contribution < 1.29 is 44.2 Å². The van der Waals surface area contributed by atoms with Crippen LogP contribution < -0.4 is 8.37 Å². The smallest absolute Gasteiger partial charge is 0.446 e. The maximum Gasteiger partial charge on any atom is 0.446 e. The molecule has 1 unspecified atom stereocenters. The molecule has 10 nitrogen and oxygen atoms in total. The molecule has 0 saturated heterocycles. The van der Waals surface area contributed by atoms with Gasteiger partial charge in [0.05, 0.1) is 0 Å². The first kappa shape index (κ1) is 26.5. The van der Waals surface area contributed by atoms with Crippen molar-refractivity contribution in [2.75, 3.05) is 0 Å². The van der Waals surface area contributed by atoms with E-state index < -0.39 is 43.6 Å². The van der Waals surface area contributed by atoms with Crippen molar-refractivity contribution in [3.8, 4) is 17.2 Å². The van der Waals surface area contributed by atoms with E-state index in [4.69, 9.17) is 4.55 Å². The molecule has 1 aromatic carbocycles. The topological polar surface area (TPSA) is 164 Å². The van der Waals surface area contributed by atoms with E-state index >= 15 is 0 Å². The van der Waals surface area contributed by atoms with Gasteiger partial charge in [-0.1, -0.05) is 45.8 Å². The number of allylic oxidation sites excluding steroid dienone is 1. The zero-order valence-corrected chi connectivity index (χ0v) is 21.1. The molecular formula is C22H30O10S2. The summed E-state index contributed by atoms with van der Waals surface area (Å²) in [4.78, 5) is 11.7. The Bertz CT molecular complexity index is 1230. The van der Waals surface area contributed by atoms with E-state index in [1.807, 2.05) is 6.92 Å². The number of phenolic OH excluding ortho intramolecular Hbond substituents is 1. The van der Waals surface area contributed by atoms with E-state index in [0.29, 0.717) is 5.92 Å². The number of aromatic hydroxyl groups is 1.